The third-order valence-corrected chi connectivity index (χ3v) is 6.75. The van der Waals surface area contributed by atoms with Gasteiger partial charge in [-0.2, -0.15) is 0 Å². The van der Waals surface area contributed by atoms with Gasteiger partial charge in [-0.3, -0.25) is 9.59 Å². The molecular weight excluding hydrogens is 432 g/mol. The lowest BCUT2D eigenvalue weighted by Crippen LogP contribution is -2.35. The van der Waals surface area contributed by atoms with Crippen LogP contribution in [0.4, 0.5) is 0 Å². The normalized spacial score (nSPS) is 15.8. The summed E-state index contributed by atoms with van der Waals surface area (Å²) in [4.78, 5) is 24.9. The molecule has 6 heteroatoms. The van der Waals surface area contributed by atoms with Gasteiger partial charge < -0.3 is 18.9 Å². The van der Waals surface area contributed by atoms with Crippen LogP contribution in [0.25, 0.3) is 11.1 Å². The van der Waals surface area contributed by atoms with Gasteiger partial charge in [0.15, 0.2) is 17.3 Å². The zero-order valence-corrected chi connectivity index (χ0v) is 20.6. The number of ketones is 1. The number of carbonyl (C=O) groups is 2. The molecule has 0 atom stereocenters. The van der Waals surface area contributed by atoms with Crippen molar-refractivity contribution in [3.63, 3.8) is 0 Å². The molecule has 2 aliphatic carbocycles. The second-order valence-corrected chi connectivity index (χ2v) is 9.81. The minimum Gasteiger partial charge on any atom is -0.493 e. The van der Waals surface area contributed by atoms with Crippen molar-refractivity contribution < 1.29 is 28.5 Å². The summed E-state index contributed by atoms with van der Waals surface area (Å²) >= 11 is 0. The Morgan fingerprint density at radius 3 is 2.38 bits per heavy atom. The Balaban J connectivity index is 1.60. The van der Waals surface area contributed by atoms with E-state index in [1.54, 1.807) is 14.2 Å². The predicted molar refractivity (Wildman–Crippen MR) is 130 cm³/mol. The van der Waals surface area contributed by atoms with E-state index in [9.17, 15) is 9.59 Å². The fourth-order valence-electron chi connectivity index (χ4n) is 5.07. The number of ether oxygens (including phenoxy) is 4. The quantitative estimate of drug-likeness (QED) is 0.436. The van der Waals surface area contributed by atoms with Crippen LogP contribution in [0.15, 0.2) is 30.3 Å². The first-order valence-electron chi connectivity index (χ1n) is 12.1. The predicted octanol–water partition coefficient (Wildman–Crippen LogP) is 5.78. The Bertz CT molecular complexity index is 1060. The van der Waals surface area contributed by atoms with Gasteiger partial charge in [-0.15, -0.1) is 0 Å². The van der Waals surface area contributed by atoms with Crippen molar-refractivity contribution in [2.45, 2.75) is 64.4 Å². The maximum Gasteiger partial charge on any atom is 0.306 e. The molecule has 0 radical (unpaired) electrons. The molecule has 6 nitrogen and oxygen atoms in total. The highest BCUT2D eigenvalue weighted by Gasteiger charge is 2.30. The first-order chi connectivity index (χ1) is 16.3. The summed E-state index contributed by atoms with van der Waals surface area (Å²) < 4.78 is 23.3. The average Bonchev–Trinajstić information content (AvgIpc) is 3.46. The van der Waals surface area contributed by atoms with Gasteiger partial charge in [0, 0.05) is 24.0 Å². The van der Waals surface area contributed by atoms with E-state index < -0.39 is 5.60 Å². The third kappa shape index (κ3) is 5.06. The van der Waals surface area contributed by atoms with Gasteiger partial charge in [-0.25, -0.2) is 0 Å². The van der Waals surface area contributed by atoms with Crippen LogP contribution in [0.2, 0.25) is 0 Å². The molecule has 4 rings (SSSR count). The summed E-state index contributed by atoms with van der Waals surface area (Å²) in [5.74, 6) is 1.93. The summed E-state index contributed by atoms with van der Waals surface area (Å²) in [6.07, 6.45) is 6.25. The van der Waals surface area contributed by atoms with Gasteiger partial charge in [-0.05, 0) is 62.3 Å². The number of methoxy groups -OCH3 is 2. The van der Waals surface area contributed by atoms with E-state index in [0.29, 0.717) is 42.4 Å². The zero-order valence-electron chi connectivity index (χ0n) is 20.6. The number of carbonyl (C=O) groups excluding carboxylic acids is 2. The van der Waals surface area contributed by atoms with E-state index in [4.69, 9.17) is 18.9 Å². The number of hydrogen-bond donors (Lipinski definition) is 0. The van der Waals surface area contributed by atoms with Crippen molar-refractivity contribution in [3.05, 3.63) is 41.5 Å². The topological polar surface area (TPSA) is 71.1 Å². The minimum absolute atomic E-state index is 0.147. The molecule has 0 heterocycles. The second kappa shape index (κ2) is 10.1. The third-order valence-electron chi connectivity index (χ3n) is 6.75. The Morgan fingerprint density at radius 2 is 1.68 bits per heavy atom. The fourth-order valence-corrected chi connectivity index (χ4v) is 5.07. The fraction of sp³-hybridized carbons (Fsp3) is 0.500. The number of rotatable bonds is 9. The van der Waals surface area contributed by atoms with E-state index in [1.165, 1.54) is 12.8 Å². The standard InChI is InChI=1S/C28H34O6/c1-28(2,34-25(30)16-18-8-5-6-9-18)17-33-26-22(13-15-24(31-3)27(26)32-4)19-10-7-11-21-20(19)12-14-23(21)29/h7,10-11,13,15,18H,5-6,8-9,12,14,16-17H2,1-4H3. The average molecular weight is 467 g/mol. The summed E-state index contributed by atoms with van der Waals surface area (Å²) in [6, 6.07) is 9.53. The van der Waals surface area contributed by atoms with Crippen molar-refractivity contribution in [2.24, 2.45) is 5.92 Å². The van der Waals surface area contributed by atoms with Crippen molar-refractivity contribution in [2.75, 3.05) is 20.8 Å². The first kappa shape index (κ1) is 24.1. The lowest BCUT2D eigenvalue weighted by molar-refractivity contribution is -0.160. The van der Waals surface area contributed by atoms with Crippen LogP contribution in [-0.2, 0) is 16.0 Å². The summed E-state index contributed by atoms with van der Waals surface area (Å²) in [7, 11) is 3.15. The molecule has 0 amide bonds. The Labute approximate surface area is 201 Å². The van der Waals surface area contributed by atoms with E-state index in [2.05, 4.69) is 0 Å². The Kier molecular flexibility index (Phi) is 7.15. The smallest absolute Gasteiger partial charge is 0.306 e. The van der Waals surface area contributed by atoms with Crippen molar-refractivity contribution in [1.82, 2.24) is 0 Å². The van der Waals surface area contributed by atoms with Crippen LogP contribution in [0.1, 0.15) is 68.3 Å². The van der Waals surface area contributed by atoms with Crippen molar-refractivity contribution >= 4 is 11.8 Å². The molecule has 2 aromatic rings. The second-order valence-electron chi connectivity index (χ2n) is 9.81. The van der Waals surface area contributed by atoms with Gasteiger partial charge in [0.25, 0.3) is 0 Å². The molecule has 34 heavy (non-hydrogen) atoms. The van der Waals surface area contributed by atoms with E-state index in [1.807, 2.05) is 44.2 Å². The molecule has 2 aromatic carbocycles. The highest BCUT2D eigenvalue weighted by molar-refractivity contribution is 6.02. The van der Waals surface area contributed by atoms with E-state index >= 15 is 0 Å². The largest absolute Gasteiger partial charge is 0.493 e. The Hall–Kier alpha value is -3.02. The number of hydrogen-bond acceptors (Lipinski definition) is 6. The van der Waals surface area contributed by atoms with Gasteiger partial charge >= 0.3 is 5.97 Å². The summed E-state index contributed by atoms with van der Waals surface area (Å²) in [5, 5.41) is 0. The van der Waals surface area contributed by atoms with Crippen LogP contribution >= 0.6 is 0 Å². The maximum atomic E-state index is 12.5. The van der Waals surface area contributed by atoms with Gasteiger partial charge in [0.2, 0.25) is 5.75 Å². The van der Waals surface area contributed by atoms with Crippen LogP contribution in [0.5, 0.6) is 17.2 Å². The lowest BCUT2D eigenvalue weighted by Gasteiger charge is -2.27. The lowest BCUT2D eigenvalue weighted by atomic mass is 9.95. The van der Waals surface area contributed by atoms with Crippen molar-refractivity contribution in [3.8, 4) is 28.4 Å². The Morgan fingerprint density at radius 1 is 0.941 bits per heavy atom. The molecule has 0 unspecified atom stereocenters. The summed E-state index contributed by atoms with van der Waals surface area (Å²) in [5.41, 5.74) is 2.72. The number of fused-ring (bicyclic) bond motifs is 1. The number of benzene rings is 2. The molecule has 2 aliphatic rings. The van der Waals surface area contributed by atoms with Crippen molar-refractivity contribution in [1.29, 1.82) is 0 Å². The molecule has 0 N–H and O–H groups in total. The molecule has 1 saturated carbocycles. The maximum absolute atomic E-state index is 12.5. The number of esters is 1. The molecule has 0 spiro atoms. The van der Waals surface area contributed by atoms with Crippen LogP contribution in [0.3, 0.4) is 0 Å². The van der Waals surface area contributed by atoms with Crippen LogP contribution in [-0.4, -0.2) is 38.2 Å². The highest BCUT2D eigenvalue weighted by Crippen LogP contribution is 2.47. The van der Waals surface area contributed by atoms with E-state index in [-0.39, 0.29) is 18.4 Å². The molecule has 0 aromatic heterocycles. The van der Waals surface area contributed by atoms with E-state index in [0.717, 1.165) is 35.1 Å². The first-order valence-corrected chi connectivity index (χ1v) is 12.1. The molecule has 0 saturated heterocycles. The van der Waals surface area contributed by atoms with Crippen LogP contribution < -0.4 is 14.2 Å². The van der Waals surface area contributed by atoms with Crippen LogP contribution in [0, 0.1) is 5.92 Å². The van der Waals surface area contributed by atoms with Gasteiger partial charge in [-0.1, -0.05) is 31.0 Å². The van der Waals surface area contributed by atoms with Gasteiger partial charge in [0.1, 0.15) is 12.2 Å². The molecule has 1 fully saturated rings. The minimum atomic E-state index is -0.824. The molecule has 0 aliphatic heterocycles. The molecule has 0 bridgehead atoms. The highest BCUT2D eigenvalue weighted by atomic mass is 16.6. The molecular formula is C28H34O6. The summed E-state index contributed by atoms with van der Waals surface area (Å²) in [6.45, 7) is 3.85. The molecule has 182 valence electrons. The number of Topliss-reactive ketones (excluding diaryl/α,β-unsaturated/α-hetero) is 1. The zero-order chi connectivity index (χ0) is 24.3. The monoisotopic (exact) mass is 466 g/mol. The van der Waals surface area contributed by atoms with Gasteiger partial charge in [0.05, 0.1) is 14.2 Å². The SMILES string of the molecule is COc1ccc(-c2cccc3c2CCC3=O)c(OCC(C)(C)OC(=O)CC2CCCC2)c1OC.